The number of halogens is 1. The van der Waals surface area contributed by atoms with Crippen molar-refractivity contribution in [2.24, 2.45) is 5.10 Å². The molecule has 0 saturated carbocycles. The van der Waals surface area contributed by atoms with Crippen LogP contribution in [0.5, 0.6) is 11.5 Å². The number of carbonyl (C=O) groups excluding carboxylic acids is 1. The van der Waals surface area contributed by atoms with Crippen LogP contribution in [-0.2, 0) is 0 Å². The van der Waals surface area contributed by atoms with E-state index in [1.807, 2.05) is 31.2 Å². The highest BCUT2D eigenvalue weighted by Gasteiger charge is 2.13. The smallest absolute Gasteiger partial charge is 0.271 e. The second-order valence-electron chi connectivity index (χ2n) is 6.69. The van der Waals surface area contributed by atoms with Crippen LogP contribution in [0.25, 0.3) is 0 Å². The molecular formula is C23H24BrN3O3. The van der Waals surface area contributed by atoms with Crippen LogP contribution in [-0.4, -0.2) is 38.4 Å². The molecule has 0 atom stereocenters. The molecule has 1 amide bonds. The highest BCUT2D eigenvalue weighted by atomic mass is 79.9. The maximum atomic E-state index is 12.4. The number of terminal acetylenes is 1. The van der Waals surface area contributed by atoms with Crippen LogP contribution < -0.4 is 19.8 Å². The van der Waals surface area contributed by atoms with E-state index in [0.717, 1.165) is 28.8 Å². The number of carbonyl (C=O) groups is 1. The molecule has 1 aliphatic heterocycles. The molecule has 0 radical (unpaired) electrons. The average molecular weight is 470 g/mol. The summed E-state index contributed by atoms with van der Waals surface area (Å²) >= 11 is 3.48. The van der Waals surface area contributed by atoms with Gasteiger partial charge in [-0.3, -0.25) is 4.79 Å². The Hall–Kier alpha value is -2.98. The monoisotopic (exact) mass is 469 g/mol. The number of rotatable bonds is 8. The van der Waals surface area contributed by atoms with Crippen LogP contribution in [0.4, 0.5) is 5.69 Å². The fourth-order valence-corrected chi connectivity index (χ4v) is 3.60. The summed E-state index contributed by atoms with van der Waals surface area (Å²) in [5, 5.41) is 4.08. The molecule has 1 aliphatic rings. The summed E-state index contributed by atoms with van der Waals surface area (Å²) < 4.78 is 11.9. The number of benzene rings is 2. The molecule has 0 spiro atoms. The van der Waals surface area contributed by atoms with Crippen molar-refractivity contribution in [1.29, 1.82) is 0 Å². The molecule has 2 aromatic rings. The minimum absolute atomic E-state index is 0.145. The summed E-state index contributed by atoms with van der Waals surface area (Å²) in [7, 11) is 0. The van der Waals surface area contributed by atoms with Gasteiger partial charge in [-0.15, -0.1) is 6.42 Å². The van der Waals surface area contributed by atoms with Crippen molar-refractivity contribution in [3.63, 3.8) is 0 Å². The summed E-state index contributed by atoms with van der Waals surface area (Å²) in [5.41, 5.74) is 5.00. The zero-order valence-corrected chi connectivity index (χ0v) is 18.4. The summed E-state index contributed by atoms with van der Waals surface area (Å²) in [5.74, 6) is 3.26. The number of nitrogens with zero attached hydrogens (tertiary/aromatic N) is 2. The van der Waals surface area contributed by atoms with Crippen LogP contribution >= 0.6 is 15.9 Å². The molecule has 0 aliphatic carbocycles. The first kappa shape index (κ1) is 21.7. The van der Waals surface area contributed by atoms with Crippen molar-refractivity contribution in [1.82, 2.24) is 5.43 Å². The Morgan fingerprint density at radius 2 is 1.93 bits per heavy atom. The van der Waals surface area contributed by atoms with E-state index in [9.17, 15) is 4.79 Å². The topological polar surface area (TPSA) is 63.2 Å². The fraction of sp³-hybridized carbons (Fsp3) is 0.304. The lowest BCUT2D eigenvalue weighted by Gasteiger charge is -2.17. The highest BCUT2D eigenvalue weighted by Crippen LogP contribution is 2.33. The van der Waals surface area contributed by atoms with Gasteiger partial charge in [-0.25, -0.2) is 5.43 Å². The van der Waals surface area contributed by atoms with E-state index in [2.05, 4.69) is 37.3 Å². The number of anilines is 1. The Morgan fingerprint density at radius 1 is 1.23 bits per heavy atom. The fourth-order valence-electron chi connectivity index (χ4n) is 3.17. The second-order valence-corrected chi connectivity index (χ2v) is 7.54. The van der Waals surface area contributed by atoms with Crippen molar-refractivity contribution in [3.8, 4) is 23.8 Å². The van der Waals surface area contributed by atoms with Crippen molar-refractivity contribution in [2.45, 2.75) is 19.8 Å². The largest absolute Gasteiger partial charge is 0.490 e. The number of hydrazone groups is 1. The Balaban J connectivity index is 1.65. The van der Waals surface area contributed by atoms with Gasteiger partial charge in [0.1, 0.15) is 6.61 Å². The standard InChI is InChI=1S/C23H24BrN3O3/c1-3-13-30-22-15-20(24)18(14-21(22)29-4-2)16-25-26-23(28)17-7-9-19(10-8-17)27-11-5-6-12-27/h1,7-10,14-16H,4-6,11-13H2,2H3,(H,26,28)/b25-16-. The molecule has 2 aromatic carbocycles. The Kier molecular flexibility index (Phi) is 7.75. The number of hydrogen-bond donors (Lipinski definition) is 1. The van der Waals surface area contributed by atoms with Gasteiger partial charge >= 0.3 is 0 Å². The maximum absolute atomic E-state index is 12.4. The quantitative estimate of drug-likeness (QED) is 0.357. The number of nitrogens with one attached hydrogen (secondary N) is 1. The highest BCUT2D eigenvalue weighted by molar-refractivity contribution is 9.10. The summed E-state index contributed by atoms with van der Waals surface area (Å²) in [4.78, 5) is 14.7. The van der Waals surface area contributed by atoms with Gasteiger partial charge in [-0.05, 0) is 72.1 Å². The second kappa shape index (κ2) is 10.7. The summed E-state index contributed by atoms with van der Waals surface area (Å²) in [6.07, 6.45) is 9.24. The van der Waals surface area contributed by atoms with Crippen molar-refractivity contribution in [3.05, 3.63) is 52.0 Å². The molecule has 1 heterocycles. The zero-order chi connectivity index (χ0) is 21.3. The third-order valence-electron chi connectivity index (χ3n) is 4.64. The molecule has 3 rings (SSSR count). The molecule has 1 N–H and O–H groups in total. The molecule has 1 saturated heterocycles. The van der Waals surface area contributed by atoms with Gasteiger partial charge in [0.15, 0.2) is 11.5 Å². The lowest BCUT2D eigenvalue weighted by molar-refractivity contribution is 0.0955. The van der Waals surface area contributed by atoms with Gasteiger partial charge in [0.25, 0.3) is 5.91 Å². The first-order valence-electron chi connectivity index (χ1n) is 9.83. The first-order valence-corrected chi connectivity index (χ1v) is 10.6. The number of amides is 1. The molecule has 0 aromatic heterocycles. The van der Waals surface area contributed by atoms with E-state index in [1.165, 1.54) is 12.8 Å². The molecule has 1 fully saturated rings. The molecule has 156 valence electrons. The average Bonchev–Trinajstić information content (AvgIpc) is 3.29. The minimum atomic E-state index is -0.269. The molecule has 0 bridgehead atoms. The third-order valence-corrected chi connectivity index (χ3v) is 5.33. The van der Waals surface area contributed by atoms with Crippen molar-refractivity contribution in [2.75, 3.05) is 31.2 Å². The number of hydrogen-bond acceptors (Lipinski definition) is 5. The lowest BCUT2D eigenvalue weighted by atomic mass is 10.2. The van der Waals surface area contributed by atoms with Crippen LogP contribution in [0.1, 0.15) is 35.7 Å². The van der Waals surface area contributed by atoms with E-state index in [-0.39, 0.29) is 12.5 Å². The molecule has 0 unspecified atom stereocenters. The van der Waals surface area contributed by atoms with E-state index in [1.54, 1.807) is 18.3 Å². The Morgan fingerprint density at radius 3 is 2.60 bits per heavy atom. The van der Waals surface area contributed by atoms with Gasteiger partial charge in [0.2, 0.25) is 0 Å². The molecule has 7 heteroatoms. The van der Waals surface area contributed by atoms with Gasteiger partial charge < -0.3 is 14.4 Å². The van der Waals surface area contributed by atoms with Gasteiger partial charge in [-0.2, -0.15) is 5.10 Å². The van der Waals surface area contributed by atoms with E-state index < -0.39 is 0 Å². The van der Waals surface area contributed by atoms with Gasteiger partial charge in [0, 0.05) is 34.4 Å². The SMILES string of the molecule is C#CCOc1cc(Br)c(/C=N\NC(=O)c2ccc(N3CCCC3)cc2)cc1OCC. The van der Waals surface area contributed by atoms with Crippen LogP contribution in [0.15, 0.2) is 46.0 Å². The predicted octanol–water partition coefficient (Wildman–Crippen LogP) is 4.22. The predicted molar refractivity (Wildman–Crippen MR) is 123 cm³/mol. The molecule has 6 nitrogen and oxygen atoms in total. The molecular weight excluding hydrogens is 446 g/mol. The van der Waals surface area contributed by atoms with E-state index in [4.69, 9.17) is 15.9 Å². The summed E-state index contributed by atoms with van der Waals surface area (Å²) in [6, 6.07) is 11.1. The Bertz CT molecular complexity index is 945. The van der Waals surface area contributed by atoms with Crippen molar-refractivity contribution < 1.29 is 14.3 Å². The van der Waals surface area contributed by atoms with E-state index in [0.29, 0.717) is 23.7 Å². The third kappa shape index (κ3) is 5.55. The molecule has 30 heavy (non-hydrogen) atoms. The normalized spacial score (nSPS) is 13.3. The zero-order valence-electron chi connectivity index (χ0n) is 16.9. The van der Waals surface area contributed by atoms with Crippen LogP contribution in [0.2, 0.25) is 0 Å². The van der Waals surface area contributed by atoms with E-state index >= 15 is 0 Å². The lowest BCUT2D eigenvalue weighted by Crippen LogP contribution is -2.19. The Labute approximate surface area is 185 Å². The first-order chi connectivity index (χ1) is 14.6. The van der Waals surface area contributed by atoms with Crippen LogP contribution in [0.3, 0.4) is 0 Å². The van der Waals surface area contributed by atoms with Crippen molar-refractivity contribution >= 4 is 33.7 Å². The number of ether oxygens (including phenoxy) is 2. The summed E-state index contributed by atoms with van der Waals surface area (Å²) in [6.45, 7) is 4.65. The van der Waals surface area contributed by atoms with Crippen LogP contribution in [0, 0.1) is 12.3 Å². The maximum Gasteiger partial charge on any atom is 0.271 e. The van der Waals surface area contributed by atoms with Gasteiger partial charge in [-0.1, -0.05) is 5.92 Å². The minimum Gasteiger partial charge on any atom is -0.490 e. The van der Waals surface area contributed by atoms with Gasteiger partial charge in [0.05, 0.1) is 12.8 Å².